The van der Waals surface area contributed by atoms with Crippen molar-refractivity contribution >= 4 is 17.1 Å². The van der Waals surface area contributed by atoms with E-state index in [0.717, 1.165) is 38.5 Å². The highest BCUT2D eigenvalue weighted by Gasteiger charge is 2.45. The van der Waals surface area contributed by atoms with Gasteiger partial charge in [-0.15, -0.1) is 0 Å². The molecule has 7 nitrogen and oxygen atoms in total. The normalized spacial score (nSPS) is 17.1. The maximum absolute atomic E-state index is 6.77. The molecule has 4 atom stereocenters. The second kappa shape index (κ2) is 20.1. The van der Waals surface area contributed by atoms with Crippen LogP contribution in [0.15, 0.2) is 0 Å². The van der Waals surface area contributed by atoms with Crippen molar-refractivity contribution in [1.29, 1.82) is 0 Å². The molecule has 0 fully saturated rings. The summed E-state index contributed by atoms with van der Waals surface area (Å²) < 4.78 is 38.2. The van der Waals surface area contributed by atoms with Crippen LogP contribution in [0.3, 0.4) is 0 Å². The van der Waals surface area contributed by atoms with Gasteiger partial charge in [0.1, 0.15) is 11.5 Å². The number of unbranched alkanes of at least 4 members (excludes halogenated alkanes) is 4. The molecule has 0 aromatic carbocycles. The number of rotatable bonds is 24. The molecule has 0 saturated heterocycles. The van der Waals surface area contributed by atoms with Crippen molar-refractivity contribution < 1.29 is 27.2 Å². The van der Waals surface area contributed by atoms with Gasteiger partial charge in [0.15, 0.2) is 0 Å². The zero-order chi connectivity index (χ0) is 27.6. The fourth-order valence-electron chi connectivity index (χ4n) is 4.75. The third-order valence-corrected chi connectivity index (χ3v) is 13.5. The lowest BCUT2D eigenvalue weighted by Gasteiger charge is -2.39. The van der Waals surface area contributed by atoms with Crippen molar-refractivity contribution in [2.45, 2.75) is 150 Å². The summed E-state index contributed by atoms with van der Waals surface area (Å²) in [4.78, 5) is 0. The first kappa shape index (κ1) is 36.2. The third kappa shape index (κ3) is 12.8. The maximum atomic E-state index is 6.77. The Bertz CT molecular complexity index is 474. The smallest absolute Gasteiger partial charge is 0.364 e. The molecule has 0 amide bonds. The van der Waals surface area contributed by atoms with E-state index >= 15 is 0 Å². The summed E-state index contributed by atoms with van der Waals surface area (Å²) in [6.07, 6.45) is 8.26. The van der Waals surface area contributed by atoms with Crippen LogP contribution in [-0.4, -0.2) is 73.3 Å². The second-order valence-corrected chi connectivity index (χ2v) is 16.5. The van der Waals surface area contributed by atoms with Gasteiger partial charge in [-0.1, -0.05) is 52.4 Å². The lowest BCUT2D eigenvalue weighted by molar-refractivity contribution is -0.0651. The van der Waals surface area contributed by atoms with Crippen LogP contribution >= 0.6 is 0 Å². The average molecular weight is 552 g/mol. The Morgan fingerprint density at radius 3 is 1.11 bits per heavy atom. The van der Waals surface area contributed by atoms with Crippen LogP contribution in [0.5, 0.6) is 0 Å². The highest BCUT2D eigenvalue weighted by molar-refractivity contribution is 6.67. The molecule has 0 aliphatic carbocycles. The van der Waals surface area contributed by atoms with E-state index in [1.165, 1.54) is 12.8 Å². The third-order valence-electron chi connectivity index (χ3n) is 6.88. The predicted molar refractivity (Wildman–Crippen MR) is 155 cm³/mol. The summed E-state index contributed by atoms with van der Waals surface area (Å²) in [5.74, 6) is 0. The summed E-state index contributed by atoms with van der Waals surface area (Å²) in [5, 5.41) is 0. The minimum atomic E-state index is -2.53. The first-order valence-electron chi connectivity index (χ1n) is 14.7. The molecule has 4 unspecified atom stereocenters. The first-order chi connectivity index (χ1) is 17.1. The van der Waals surface area contributed by atoms with Gasteiger partial charge in [-0.05, 0) is 67.5 Å². The van der Waals surface area contributed by atoms with Crippen LogP contribution in [0.25, 0.3) is 0 Å². The van der Waals surface area contributed by atoms with Gasteiger partial charge in [0.2, 0.25) is 0 Å². The molecule has 9 heteroatoms. The van der Waals surface area contributed by atoms with Gasteiger partial charge in [-0.25, -0.2) is 0 Å². The first-order valence-corrected chi connectivity index (χ1v) is 19.5. The van der Waals surface area contributed by atoms with E-state index in [4.69, 9.17) is 32.9 Å². The monoisotopic (exact) mass is 551 g/mol. The molecule has 218 valence electrons. The van der Waals surface area contributed by atoms with E-state index in [2.05, 4.69) is 40.8 Å². The lowest BCUT2D eigenvalue weighted by atomic mass is 10.1. The Hall–Kier alpha value is 0.154. The van der Waals surface area contributed by atoms with Crippen LogP contribution in [-0.2, 0) is 27.2 Å². The van der Waals surface area contributed by atoms with Gasteiger partial charge in [0, 0.05) is 26.4 Å². The predicted octanol–water partition coefficient (Wildman–Crippen LogP) is 6.39. The zero-order valence-electron chi connectivity index (χ0n) is 25.4. The summed E-state index contributed by atoms with van der Waals surface area (Å²) in [5.41, 5.74) is 6.61. The van der Waals surface area contributed by atoms with Crippen molar-refractivity contribution in [2.24, 2.45) is 5.73 Å². The second-order valence-electron chi connectivity index (χ2n) is 9.99. The molecule has 2 N–H and O–H groups in total. The number of nitrogens with two attached hydrogens (primary N) is 1. The Morgan fingerprint density at radius 1 is 0.556 bits per heavy atom. The quantitative estimate of drug-likeness (QED) is 0.110. The Kier molecular flexibility index (Phi) is 20.2. The van der Waals surface area contributed by atoms with Gasteiger partial charge in [-0.2, -0.15) is 0 Å². The van der Waals surface area contributed by atoms with E-state index in [1.54, 1.807) is 0 Å². The zero-order valence-corrected chi connectivity index (χ0v) is 27.4. The lowest BCUT2D eigenvalue weighted by Crippen LogP contribution is -2.58. The Labute approximate surface area is 226 Å². The van der Waals surface area contributed by atoms with Gasteiger partial charge in [0.05, 0.1) is 18.2 Å². The topological polar surface area (TPSA) is 81.4 Å². The SMILES string of the molecule is CCCCCC(OC(C)C(N)C(C)OC(CCCCC)[Si](C)(OCC)OCC)[Si](C)(OCC)OCC. The van der Waals surface area contributed by atoms with Crippen molar-refractivity contribution in [1.82, 2.24) is 0 Å². The van der Waals surface area contributed by atoms with Crippen molar-refractivity contribution in [3.63, 3.8) is 0 Å². The number of hydrogen-bond acceptors (Lipinski definition) is 7. The summed E-state index contributed by atoms with van der Waals surface area (Å²) in [6, 6.07) is -0.296. The molecular weight excluding hydrogens is 490 g/mol. The fourth-order valence-corrected chi connectivity index (χ4v) is 10.3. The summed E-state index contributed by atoms with van der Waals surface area (Å²) in [7, 11) is -5.06. The molecule has 0 aromatic rings. The van der Waals surface area contributed by atoms with Gasteiger partial charge >= 0.3 is 17.1 Å². The summed E-state index contributed by atoms with van der Waals surface area (Å²) in [6.45, 7) is 23.4. The largest absolute Gasteiger partial charge is 0.393 e. The van der Waals surface area contributed by atoms with Crippen LogP contribution in [0, 0.1) is 0 Å². The number of ether oxygens (including phenoxy) is 2. The van der Waals surface area contributed by atoms with Crippen LogP contribution in [0.2, 0.25) is 13.1 Å². The highest BCUT2D eigenvalue weighted by Crippen LogP contribution is 2.26. The van der Waals surface area contributed by atoms with E-state index in [9.17, 15) is 0 Å². The van der Waals surface area contributed by atoms with E-state index in [0.29, 0.717) is 26.4 Å². The van der Waals surface area contributed by atoms with Crippen molar-refractivity contribution in [2.75, 3.05) is 26.4 Å². The Balaban J connectivity index is 5.59. The maximum Gasteiger partial charge on any atom is 0.364 e. The van der Waals surface area contributed by atoms with Crippen LogP contribution < -0.4 is 5.73 Å². The van der Waals surface area contributed by atoms with E-state index in [1.807, 2.05) is 27.7 Å². The summed E-state index contributed by atoms with van der Waals surface area (Å²) >= 11 is 0. The van der Waals surface area contributed by atoms with Gasteiger partial charge in [0.25, 0.3) is 0 Å². The molecule has 0 bridgehead atoms. The van der Waals surface area contributed by atoms with Crippen molar-refractivity contribution in [3.8, 4) is 0 Å². The van der Waals surface area contributed by atoms with Gasteiger partial charge < -0.3 is 32.9 Å². The minimum Gasteiger partial charge on any atom is -0.393 e. The molecule has 0 aliphatic rings. The molecule has 0 aliphatic heterocycles. The average Bonchev–Trinajstić information content (AvgIpc) is 2.82. The molecule has 36 heavy (non-hydrogen) atoms. The molecule has 0 saturated carbocycles. The molecule has 0 aromatic heterocycles. The van der Waals surface area contributed by atoms with E-state index in [-0.39, 0.29) is 29.7 Å². The molecule has 0 rings (SSSR count). The van der Waals surface area contributed by atoms with Crippen LogP contribution in [0.4, 0.5) is 0 Å². The molecule has 0 spiro atoms. The molecular formula is C27H61NO6Si2. The van der Waals surface area contributed by atoms with Crippen molar-refractivity contribution in [3.05, 3.63) is 0 Å². The van der Waals surface area contributed by atoms with E-state index < -0.39 is 17.1 Å². The number of hydrogen-bond donors (Lipinski definition) is 1. The molecule has 0 radical (unpaired) electrons. The molecule has 0 heterocycles. The Morgan fingerprint density at radius 2 is 0.861 bits per heavy atom. The fraction of sp³-hybridized carbons (Fsp3) is 1.00. The van der Waals surface area contributed by atoms with Gasteiger partial charge in [-0.3, -0.25) is 0 Å². The minimum absolute atomic E-state index is 0.0796. The van der Waals surface area contributed by atoms with Crippen LogP contribution in [0.1, 0.15) is 107 Å². The highest BCUT2D eigenvalue weighted by atomic mass is 28.4. The standard InChI is InChI=1S/C27H61NO6Si2/c1-11-17-19-21-25(35(9,29-13-3)30-14-4)33-23(7)27(28)24(8)34-26(22-20-18-12-2)36(10,31-15-5)32-16-6/h23-27H,11-22,28H2,1-10H3.